The van der Waals surface area contributed by atoms with Gasteiger partial charge in [0.1, 0.15) is 0 Å². The number of hydrogen-bond acceptors (Lipinski definition) is 6. The van der Waals surface area contributed by atoms with Crippen LogP contribution in [0, 0.1) is 0 Å². The minimum Gasteiger partial charge on any atom is -0.299 e. The zero-order valence-corrected chi connectivity index (χ0v) is 12.3. The summed E-state index contributed by atoms with van der Waals surface area (Å²) in [6.45, 7) is 5.25. The van der Waals surface area contributed by atoms with Gasteiger partial charge in [0.05, 0.1) is 18.8 Å². The summed E-state index contributed by atoms with van der Waals surface area (Å²) in [7, 11) is -2.54. The molecule has 4 N–H and O–H groups in total. The van der Waals surface area contributed by atoms with E-state index in [0.29, 0.717) is 5.70 Å². The molecule has 2 aliphatic rings. The van der Waals surface area contributed by atoms with Gasteiger partial charge in [0.25, 0.3) is 5.84 Å². The number of allylic oxidation sites excluding steroid dienone is 1. The number of likely N-dealkylation sites (N-methyl/N-ethyl adjacent to an activating group) is 1. The minimum absolute atomic E-state index is 0.489. The third-order valence-corrected chi connectivity index (χ3v) is 3.61. The van der Waals surface area contributed by atoms with Crippen molar-refractivity contribution >= 4 is 16.2 Å². The van der Waals surface area contributed by atoms with Crippen molar-refractivity contribution in [3.05, 3.63) is 11.8 Å². The van der Waals surface area contributed by atoms with E-state index >= 15 is 0 Å². The van der Waals surface area contributed by atoms with Crippen molar-refractivity contribution in [3.63, 3.8) is 0 Å². The Morgan fingerprint density at radius 2 is 2.10 bits per heavy atom. The Kier molecular flexibility index (Phi) is 4.30. The molecule has 0 spiro atoms. The van der Waals surface area contributed by atoms with Gasteiger partial charge in [-0.3, -0.25) is 19.8 Å². The van der Waals surface area contributed by atoms with E-state index in [1.54, 1.807) is 13.0 Å². The van der Waals surface area contributed by atoms with Crippen LogP contribution >= 0.6 is 0 Å². The summed E-state index contributed by atoms with van der Waals surface area (Å²) in [6, 6.07) is 0. The normalized spacial score (nSPS) is 25.5. The second kappa shape index (κ2) is 5.66. The summed E-state index contributed by atoms with van der Waals surface area (Å²) < 4.78 is 36.8. The van der Waals surface area contributed by atoms with E-state index < -0.39 is 16.7 Å². The van der Waals surface area contributed by atoms with Crippen LogP contribution in [0.5, 0.6) is 0 Å². The molecule has 0 radical (unpaired) electrons. The minimum atomic E-state index is -4.60. The van der Waals surface area contributed by atoms with E-state index in [0.717, 1.165) is 37.1 Å². The van der Waals surface area contributed by atoms with Crippen molar-refractivity contribution in [3.8, 4) is 0 Å². The van der Waals surface area contributed by atoms with E-state index in [1.807, 2.05) is 0 Å². The second-order valence-corrected chi connectivity index (χ2v) is 5.88. The molecule has 114 valence electrons. The van der Waals surface area contributed by atoms with Gasteiger partial charge in [0.2, 0.25) is 6.29 Å². The van der Waals surface area contributed by atoms with Gasteiger partial charge < -0.3 is 0 Å². The Hall–Kier alpha value is -1.20. The summed E-state index contributed by atoms with van der Waals surface area (Å²) >= 11 is 0. The van der Waals surface area contributed by atoms with Crippen molar-refractivity contribution in [2.24, 2.45) is 5.73 Å². The predicted molar refractivity (Wildman–Crippen MR) is 71.8 cm³/mol. The molecule has 0 bridgehead atoms. The van der Waals surface area contributed by atoms with Gasteiger partial charge >= 0.3 is 10.4 Å². The first kappa shape index (κ1) is 15.2. The fourth-order valence-corrected chi connectivity index (χ4v) is 2.58. The second-order valence-electron chi connectivity index (χ2n) is 4.88. The van der Waals surface area contributed by atoms with Gasteiger partial charge in [0, 0.05) is 19.2 Å². The molecule has 0 aliphatic carbocycles. The average Bonchev–Trinajstić information content (AvgIpc) is 2.33. The van der Waals surface area contributed by atoms with Crippen LogP contribution in [-0.2, 0) is 14.7 Å². The molecule has 0 amide bonds. The first-order chi connectivity index (χ1) is 9.26. The molecule has 20 heavy (non-hydrogen) atoms. The summed E-state index contributed by atoms with van der Waals surface area (Å²) in [5.41, 5.74) is 6.31. The first-order valence-corrected chi connectivity index (χ1v) is 7.60. The quantitative estimate of drug-likeness (QED) is 0.402. The molecular formula is C10H20N5O4S+. The largest absolute Gasteiger partial charge is 0.418 e. The third-order valence-electron chi connectivity index (χ3n) is 3.26. The Morgan fingerprint density at radius 1 is 1.50 bits per heavy atom. The molecule has 2 rings (SSSR count). The lowest BCUT2D eigenvalue weighted by Crippen LogP contribution is -2.59. The maximum Gasteiger partial charge on any atom is 0.418 e. The number of hydrogen-bond donors (Lipinski definition) is 3. The number of nitrogens with zero attached hydrogens (tertiary/aromatic N) is 3. The van der Waals surface area contributed by atoms with Crippen LogP contribution < -0.4 is 11.1 Å². The number of nitrogens with one attached hydrogen (secondary N) is 1. The van der Waals surface area contributed by atoms with Crippen molar-refractivity contribution in [1.29, 1.82) is 0 Å². The molecule has 2 aliphatic heterocycles. The molecule has 1 atom stereocenters. The van der Waals surface area contributed by atoms with Gasteiger partial charge in [-0.15, -0.1) is 4.28 Å². The highest BCUT2D eigenvalue weighted by Gasteiger charge is 2.32. The van der Waals surface area contributed by atoms with Crippen LogP contribution in [-0.4, -0.2) is 72.9 Å². The molecule has 0 aromatic carbocycles. The Morgan fingerprint density at radius 3 is 2.60 bits per heavy atom. The Bertz CT molecular complexity index is 534. The molecule has 0 saturated carbocycles. The van der Waals surface area contributed by atoms with Crippen LogP contribution in [0.25, 0.3) is 0 Å². The number of hydroxylamine groups is 2. The highest BCUT2D eigenvalue weighted by Crippen LogP contribution is 2.13. The van der Waals surface area contributed by atoms with E-state index in [9.17, 15) is 8.42 Å². The average molecular weight is 306 g/mol. The monoisotopic (exact) mass is 306 g/mol. The van der Waals surface area contributed by atoms with Crippen LogP contribution in [0.15, 0.2) is 11.8 Å². The number of piperazine rings is 1. The number of nitrogens with two attached hydrogens (primary N) is 1. The van der Waals surface area contributed by atoms with Crippen molar-refractivity contribution in [2.45, 2.75) is 13.2 Å². The number of rotatable bonds is 2. The Labute approximate surface area is 118 Å². The molecule has 1 fully saturated rings. The molecule has 9 nitrogen and oxygen atoms in total. The summed E-state index contributed by atoms with van der Waals surface area (Å²) in [4.78, 5) is 2.23. The molecule has 0 aromatic heterocycles. The van der Waals surface area contributed by atoms with Crippen LogP contribution in [0.2, 0.25) is 0 Å². The highest BCUT2D eigenvalue weighted by atomic mass is 32.3. The summed E-state index contributed by atoms with van der Waals surface area (Å²) in [5, 5.41) is 3.87. The number of amidine groups is 1. The van der Waals surface area contributed by atoms with Gasteiger partial charge in [-0.2, -0.15) is 13.5 Å². The van der Waals surface area contributed by atoms with Crippen molar-refractivity contribution in [1.82, 2.24) is 15.3 Å². The van der Waals surface area contributed by atoms with E-state index in [4.69, 9.17) is 10.3 Å². The Balaban J connectivity index is 2.19. The zero-order chi connectivity index (χ0) is 14.9. The summed E-state index contributed by atoms with van der Waals surface area (Å²) in [6.07, 6.45) is 0.844. The molecule has 1 unspecified atom stereocenters. The third kappa shape index (κ3) is 3.67. The van der Waals surface area contributed by atoms with E-state index in [1.165, 1.54) is 0 Å². The van der Waals surface area contributed by atoms with E-state index in [2.05, 4.69) is 26.1 Å². The lowest BCUT2D eigenvalue weighted by atomic mass is 10.3. The fraction of sp³-hybridized carbons (Fsp3) is 0.700. The molecular weight excluding hydrogens is 286 g/mol. The SMILES string of the molecule is CC1=CC(=[N+]2CCN(C)CC2)NC(N)N1OS(=O)(=O)O. The zero-order valence-electron chi connectivity index (χ0n) is 11.5. The lowest BCUT2D eigenvalue weighted by molar-refractivity contribution is -0.540. The highest BCUT2D eigenvalue weighted by molar-refractivity contribution is 7.80. The first-order valence-electron chi connectivity index (χ1n) is 6.23. The van der Waals surface area contributed by atoms with Gasteiger partial charge in [0.15, 0.2) is 0 Å². The van der Waals surface area contributed by atoms with E-state index in [-0.39, 0.29) is 0 Å². The van der Waals surface area contributed by atoms with Crippen LogP contribution in [0.4, 0.5) is 0 Å². The molecule has 1 saturated heterocycles. The van der Waals surface area contributed by atoms with Gasteiger partial charge in [-0.05, 0) is 14.0 Å². The lowest BCUT2D eigenvalue weighted by Gasteiger charge is -2.31. The standard InChI is InChI=1S/C10H19N5O4S/c1-8-7-9(14-5-3-13(2)4-6-14)12-10(11)15(8)19-20(16,17)18/h7,10H,3-6,11H2,1-2H3,(H,16,17,18)/p+1. The van der Waals surface area contributed by atoms with Gasteiger partial charge in [-0.1, -0.05) is 0 Å². The van der Waals surface area contributed by atoms with Crippen molar-refractivity contribution in [2.75, 3.05) is 33.2 Å². The van der Waals surface area contributed by atoms with Crippen molar-refractivity contribution < 1.29 is 21.8 Å². The maximum atomic E-state index is 10.8. The molecule has 2 heterocycles. The topological polar surface area (TPSA) is 111 Å². The molecule has 10 heteroatoms. The predicted octanol–water partition coefficient (Wildman–Crippen LogP) is -1.87. The van der Waals surface area contributed by atoms with Crippen LogP contribution in [0.3, 0.4) is 0 Å². The molecule has 0 aromatic rings. The summed E-state index contributed by atoms with van der Waals surface area (Å²) in [5.74, 6) is 0.818. The smallest absolute Gasteiger partial charge is 0.299 e. The fourth-order valence-electron chi connectivity index (χ4n) is 2.17. The maximum absolute atomic E-state index is 10.8. The van der Waals surface area contributed by atoms with Crippen LogP contribution in [0.1, 0.15) is 6.92 Å². The van der Waals surface area contributed by atoms with Gasteiger partial charge in [-0.25, -0.2) is 5.32 Å².